The van der Waals surface area contributed by atoms with Crippen molar-refractivity contribution >= 4 is 29.7 Å². The summed E-state index contributed by atoms with van der Waals surface area (Å²) in [7, 11) is 0. The van der Waals surface area contributed by atoms with E-state index in [9.17, 15) is 19.5 Å². The first-order valence-electron chi connectivity index (χ1n) is 12.6. The number of rotatable bonds is 14. The van der Waals surface area contributed by atoms with Crippen LogP contribution in [-0.4, -0.2) is 64.3 Å². The third kappa shape index (κ3) is 10.9. The van der Waals surface area contributed by atoms with Gasteiger partial charge in [0.25, 0.3) is 5.91 Å². The number of ether oxygens (including phenoxy) is 1. The van der Waals surface area contributed by atoms with Crippen molar-refractivity contribution in [3.8, 4) is 0 Å². The van der Waals surface area contributed by atoms with Crippen molar-refractivity contribution in [1.82, 2.24) is 15.5 Å². The maximum atomic E-state index is 13.4. The molecule has 0 aliphatic carbocycles. The number of hydrogen-bond donors (Lipinski definition) is 3. The first-order chi connectivity index (χ1) is 17.7. The summed E-state index contributed by atoms with van der Waals surface area (Å²) >= 11 is 1.49. The number of aliphatic hydroxyl groups excluding tert-OH is 1. The molecule has 0 aromatic heterocycles. The lowest BCUT2D eigenvalue weighted by Crippen LogP contribution is -2.54. The van der Waals surface area contributed by atoms with Crippen LogP contribution in [0.1, 0.15) is 43.9 Å². The highest BCUT2D eigenvalue weighted by molar-refractivity contribution is 7.99. The van der Waals surface area contributed by atoms with Gasteiger partial charge >= 0.3 is 6.09 Å². The molecule has 0 bridgehead atoms. The van der Waals surface area contributed by atoms with Crippen molar-refractivity contribution in [3.63, 3.8) is 0 Å². The Morgan fingerprint density at radius 1 is 1.05 bits per heavy atom. The summed E-state index contributed by atoms with van der Waals surface area (Å²) in [6.45, 7) is 8.19. The second-order valence-corrected chi connectivity index (χ2v) is 10.6. The molecule has 0 spiro atoms. The number of aliphatic hydroxyl groups is 1. The van der Waals surface area contributed by atoms with Crippen LogP contribution in [0.15, 0.2) is 54.6 Å². The van der Waals surface area contributed by atoms with Crippen LogP contribution in [-0.2, 0) is 27.3 Å². The maximum Gasteiger partial charge on any atom is 0.407 e. The second-order valence-electron chi connectivity index (χ2n) is 9.11. The van der Waals surface area contributed by atoms with Crippen LogP contribution in [0, 0.1) is 6.92 Å². The van der Waals surface area contributed by atoms with Gasteiger partial charge in [-0.3, -0.25) is 9.59 Å². The van der Waals surface area contributed by atoms with Crippen LogP contribution >= 0.6 is 11.8 Å². The fourth-order valence-electron chi connectivity index (χ4n) is 3.51. The summed E-state index contributed by atoms with van der Waals surface area (Å²) < 4.78 is 5.12. The quantitative estimate of drug-likeness (QED) is 0.323. The third-order valence-corrected chi connectivity index (χ3v) is 6.75. The van der Waals surface area contributed by atoms with Crippen molar-refractivity contribution in [1.29, 1.82) is 0 Å². The second kappa shape index (κ2) is 15.9. The Balaban J connectivity index is 2.14. The molecule has 0 aliphatic heterocycles. The van der Waals surface area contributed by atoms with Gasteiger partial charge in [0, 0.05) is 11.8 Å². The van der Waals surface area contributed by atoms with Gasteiger partial charge in [-0.25, -0.2) is 4.79 Å². The molecule has 2 atom stereocenters. The van der Waals surface area contributed by atoms with E-state index in [0.29, 0.717) is 13.0 Å². The maximum absolute atomic E-state index is 13.4. The number of nitrogens with zero attached hydrogens (tertiary/aromatic N) is 1. The predicted octanol–water partition coefficient (Wildman–Crippen LogP) is 3.65. The van der Waals surface area contributed by atoms with Gasteiger partial charge in [0.15, 0.2) is 6.10 Å². The van der Waals surface area contributed by atoms with Crippen molar-refractivity contribution < 1.29 is 24.2 Å². The zero-order chi connectivity index (χ0) is 27.2. The predicted molar refractivity (Wildman–Crippen MR) is 147 cm³/mol. The van der Waals surface area contributed by atoms with Crippen LogP contribution in [0.2, 0.25) is 0 Å². The molecule has 0 saturated heterocycles. The van der Waals surface area contributed by atoms with Crippen molar-refractivity contribution in [2.45, 2.75) is 64.5 Å². The van der Waals surface area contributed by atoms with Crippen LogP contribution in [0.25, 0.3) is 0 Å². The van der Waals surface area contributed by atoms with Gasteiger partial charge < -0.3 is 25.4 Å². The fraction of sp³-hybridized carbons (Fsp3) is 0.464. The molecular formula is C28H39N3O5S. The molecule has 2 rings (SSSR count). The first kappa shape index (κ1) is 30.2. The van der Waals surface area contributed by atoms with Crippen LogP contribution in [0.4, 0.5) is 4.79 Å². The number of aryl methyl sites for hydroxylation is 1. The Bertz CT molecular complexity index is 1000. The van der Waals surface area contributed by atoms with E-state index in [1.165, 1.54) is 16.7 Å². The van der Waals surface area contributed by atoms with Gasteiger partial charge in [-0.1, -0.05) is 75.4 Å². The monoisotopic (exact) mass is 529 g/mol. The highest BCUT2D eigenvalue weighted by Gasteiger charge is 2.32. The Morgan fingerprint density at radius 3 is 2.38 bits per heavy atom. The van der Waals surface area contributed by atoms with Crippen LogP contribution in [0.5, 0.6) is 0 Å². The van der Waals surface area contributed by atoms with E-state index in [1.54, 1.807) is 0 Å². The number of benzene rings is 2. The normalized spacial score (nSPS) is 12.5. The molecule has 2 aromatic carbocycles. The number of carbonyl (C=O) groups excluding carboxylic acids is 3. The minimum Gasteiger partial charge on any atom is -0.450 e. The van der Waals surface area contributed by atoms with Gasteiger partial charge in [0.05, 0.1) is 18.5 Å². The van der Waals surface area contributed by atoms with E-state index in [-0.39, 0.29) is 36.6 Å². The number of amides is 3. The molecule has 2 aromatic rings. The summed E-state index contributed by atoms with van der Waals surface area (Å²) in [4.78, 5) is 39.9. The van der Waals surface area contributed by atoms with Crippen LogP contribution in [0.3, 0.4) is 0 Å². The number of thioether (sulfide) groups is 1. The lowest BCUT2D eigenvalue weighted by molar-refractivity contribution is -0.143. The van der Waals surface area contributed by atoms with Gasteiger partial charge in [-0.2, -0.15) is 0 Å². The van der Waals surface area contributed by atoms with E-state index in [0.717, 1.165) is 16.7 Å². The molecule has 0 saturated carbocycles. The fourth-order valence-corrected chi connectivity index (χ4v) is 4.21. The lowest BCUT2D eigenvalue weighted by Gasteiger charge is -2.29. The number of hydrogen-bond acceptors (Lipinski definition) is 6. The summed E-state index contributed by atoms with van der Waals surface area (Å²) in [6.07, 6.45) is -1.39. The van der Waals surface area contributed by atoms with E-state index < -0.39 is 24.1 Å². The van der Waals surface area contributed by atoms with Gasteiger partial charge in [-0.05, 0) is 36.5 Å². The Morgan fingerprint density at radius 2 is 1.73 bits per heavy atom. The number of alkyl carbamates (subject to hydrolysis) is 1. The number of carbonyl (C=O) groups is 3. The van der Waals surface area contributed by atoms with Gasteiger partial charge in [0.1, 0.15) is 6.54 Å². The molecule has 1 unspecified atom stereocenters. The van der Waals surface area contributed by atoms with E-state index in [1.807, 2.05) is 82.3 Å². The molecule has 3 N–H and O–H groups in total. The molecule has 37 heavy (non-hydrogen) atoms. The van der Waals surface area contributed by atoms with E-state index >= 15 is 0 Å². The summed E-state index contributed by atoms with van der Waals surface area (Å²) in [6, 6.07) is 16.1. The smallest absolute Gasteiger partial charge is 0.407 e. The molecule has 0 heterocycles. The van der Waals surface area contributed by atoms with E-state index in [2.05, 4.69) is 10.6 Å². The molecular weight excluding hydrogens is 490 g/mol. The van der Waals surface area contributed by atoms with E-state index in [4.69, 9.17) is 4.74 Å². The molecule has 8 nitrogen and oxygen atoms in total. The zero-order valence-electron chi connectivity index (χ0n) is 22.1. The Labute approximate surface area is 224 Å². The molecule has 0 radical (unpaired) electrons. The molecule has 202 valence electrons. The average Bonchev–Trinajstić information content (AvgIpc) is 2.88. The molecule has 9 heteroatoms. The SMILES string of the molecule is CCCOC(=O)NC(Cc1ccccc1)[C@H](O)C(=O)N(CSC(C)C)CC(=O)NCc1ccccc1C. The molecule has 0 aliphatic rings. The highest BCUT2D eigenvalue weighted by atomic mass is 32.2. The Hall–Kier alpha value is -3.04. The molecule has 0 fully saturated rings. The number of nitrogens with one attached hydrogen (secondary N) is 2. The van der Waals surface area contributed by atoms with Crippen molar-refractivity contribution in [2.24, 2.45) is 0 Å². The van der Waals surface area contributed by atoms with Crippen molar-refractivity contribution in [3.05, 3.63) is 71.3 Å². The zero-order valence-corrected chi connectivity index (χ0v) is 22.9. The minimum absolute atomic E-state index is 0.208. The van der Waals surface area contributed by atoms with Crippen molar-refractivity contribution in [2.75, 3.05) is 19.0 Å². The minimum atomic E-state index is -1.56. The summed E-state index contributed by atoms with van der Waals surface area (Å²) in [5.74, 6) is -0.733. The topological polar surface area (TPSA) is 108 Å². The summed E-state index contributed by atoms with van der Waals surface area (Å²) in [5, 5.41) is 16.8. The highest BCUT2D eigenvalue weighted by Crippen LogP contribution is 2.15. The Kier molecular flexibility index (Phi) is 13.0. The largest absolute Gasteiger partial charge is 0.450 e. The average molecular weight is 530 g/mol. The summed E-state index contributed by atoms with van der Waals surface area (Å²) in [5.41, 5.74) is 2.89. The van der Waals surface area contributed by atoms with Crippen LogP contribution < -0.4 is 10.6 Å². The third-order valence-electron chi connectivity index (χ3n) is 5.62. The first-order valence-corrected chi connectivity index (χ1v) is 13.6. The van der Waals surface area contributed by atoms with Gasteiger partial charge in [-0.15, -0.1) is 11.8 Å². The van der Waals surface area contributed by atoms with Gasteiger partial charge in [0.2, 0.25) is 5.91 Å². The lowest BCUT2D eigenvalue weighted by atomic mass is 10.0. The standard InChI is InChI=1S/C28H39N3O5S/c1-5-15-36-28(35)30-24(16-22-12-7-6-8-13-22)26(33)27(34)31(19-37-20(2)3)18-25(32)29-17-23-14-10-9-11-21(23)4/h6-14,20,24,26,33H,5,15-19H2,1-4H3,(H,29,32)(H,30,35)/t24?,26-/m0/s1. The molecule has 3 amide bonds.